The molecule has 0 atom stereocenters. The van der Waals surface area contributed by atoms with Crippen molar-refractivity contribution in [3.05, 3.63) is 66.5 Å². The van der Waals surface area contributed by atoms with Gasteiger partial charge < -0.3 is 10.1 Å². The van der Waals surface area contributed by atoms with Crippen LogP contribution in [-0.2, 0) is 6.54 Å². The van der Waals surface area contributed by atoms with E-state index in [1.165, 1.54) is 0 Å². The van der Waals surface area contributed by atoms with Gasteiger partial charge in [-0.05, 0) is 30.3 Å². The second kappa shape index (κ2) is 7.06. The molecule has 2 aromatic carbocycles. The number of ether oxygens (including phenoxy) is 1. The fourth-order valence-corrected chi connectivity index (χ4v) is 2.60. The number of fused-ring (bicyclic) bond motifs is 1. The molecule has 2 aromatic heterocycles. The molecule has 2 N–H and O–H groups in total. The molecule has 0 saturated carbocycles. The number of hydrogen-bond acceptors (Lipinski definition) is 5. The van der Waals surface area contributed by atoms with Crippen LogP contribution in [0.4, 0.5) is 5.69 Å². The number of nitrogens with zero attached hydrogens (tertiary/aromatic N) is 4. The number of benzene rings is 2. The van der Waals surface area contributed by atoms with Crippen molar-refractivity contribution in [1.82, 2.24) is 25.2 Å². The number of aromatic amines is 1. The predicted molar refractivity (Wildman–Crippen MR) is 96.0 cm³/mol. The zero-order chi connectivity index (χ0) is 17.8. The Labute approximate surface area is 148 Å². The van der Waals surface area contributed by atoms with Crippen LogP contribution >= 0.6 is 0 Å². The lowest BCUT2D eigenvalue weighted by Gasteiger charge is -2.09. The Balaban J connectivity index is 1.43. The van der Waals surface area contributed by atoms with Crippen LogP contribution in [0.15, 0.2) is 60.9 Å². The largest absolute Gasteiger partial charge is 0.492 e. The molecular formula is C18H16N6O2. The second-order valence-corrected chi connectivity index (χ2v) is 5.60. The van der Waals surface area contributed by atoms with Gasteiger partial charge in [0.25, 0.3) is 5.91 Å². The molecule has 0 bridgehead atoms. The van der Waals surface area contributed by atoms with Gasteiger partial charge in [-0.3, -0.25) is 9.48 Å². The Morgan fingerprint density at radius 1 is 1.15 bits per heavy atom. The van der Waals surface area contributed by atoms with E-state index in [-0.39, 0.29) is 5.91 Å². The molecule has 0 aliphatic heterocycles. The second-order valence-electron chi connectivity index (χ2n) is 5.60. The molecule has 0 radical (unpaired) electrons. The van der Waals surface area contributed by atoms with Crippen molar-refractivity contribution in [2.75, 3.05) is 11.9 Å². The summed E-state index contributed by atoms with van der Waals surface area (Å²) in [5, 5.41) is 17.6. The average Bonchev–Trinajstić information content (AvgIpc) is 3.33. The van der Waals surface area contributed by atoms with Gasteiger partial charge in [-0.1, -0.05) is 12.1 Å². The van der Waals surface area contributed by atoms with E-state index in [1.54, 1.807) is 41.2 Å². The zero-order valence-electron chi connectivity index (χ0n) is 13.8. The first-order chi connectivity index (χ1) is 12.8. The van der Waals surface area contributed by atoms with Crippen molar-refractivity contribution in [2.24, 2.45) is 0 Å². The maximum absolute atomic E-state index is 12.6. The number of anilines is 1. The van der Waals surface area contributed by atoms with Gasteiger partial charge >= 0.3 is 0 Å². The molecule has 0 fully saturated rings. The minimum atomic E-state index is -0.252. The lowest BCUT2D eigenvalue weighted by Crippen LogP contribution is -2.13. The van der Waals surface area contributed by atoms with E-state index in [1.807, 2.05) is 24.4 Å². The number of rotatable bonds is 6. The third kappa shape index (κ3) is 3.39. The number of aromatic nitrogens is 5. The predicted octanol–water partition coefficient (Wildman–Crippen LogP) is 2.49. The summed E-state index contributed by atoms with van der Waals surface area (Å²) in [6.45, 7) is 1.13. The maximum Gasteiger partial charge on any atom is 0.258 e. The van der Waals surface area contributed by atoms with Crippen LogP contribution in [0.1, 0.15) is 10.4 Å². The highest BCUT2D eigenvalue weighted by Gasteiger charge is 2.13. The highest BCUT2D eigenvalue weighted by molar-refractivity contribution is 6.11. The van der Waals surface area contributed by atoms with Crippen molar-refractivity contribution < 1.29 is 9.53 Å². The third-order valence-electron chi connectivity index (χ3n) is 3.83. The minimum Gasteiger partial charge on any atom is -0.492 e. The summed E-state index contributed by atoms with van der Waals surface area (Å²) in [6.07, 6.45) is 3.61. The van der Waals surface area contributed by atoms with Gasteiger partial charge in [0.1, 0.15) is 23.4 Å². The Morgan fingerprint density at radius 2 is 2.08 bits per heavy atom. The molecule has 4 aromatic rings. The number of amides is 1. The summed E-state index contributed by atoms with van der Waals surface area (Å²) < 4.78 is 7.52. The van der Waals surface area contributed by atoms with E-state index >= 15 is 0 Å². The van der Waals surface area contributed by atoms with Gasteiger partial charge in [-0.2, -0.15) is 20.5 Å². The molecule has 0 spiro atoms. The third-order valence-corrected chi connectivity index (χ3v) is 3.83. The van der Waals surface area contributed by atoms with E-state index in [0.29, 0.717) is 41.2 Å². The van der Waals surface area contributed by atoms with E-state index in [4.69, 9.17) is 4.74 Å². The molecule has 0 aliphatic rings. The van der Waals surface area contributed by atoms with Crippen molar-refractivity contribution in [3.63, 3.8) is 0 Å². The Kier molecular flexibility index (Phi) is 4.29. The fourth-order valence-electron chi connectivity index (χ4n) is 2.60. The minimum absolute atomic E-state index is 0.252. The van der Waals surface area contributed by atoms with Crippen LogP contribution in [0.2, 0.25) is 0 Å². The number of nitrogens with one attached hydrogen (secondary N) is 2. The number of hydrogen-bond donors (Lipinski definition) is 2. The van der Waals surface area contributed by atoms with Crippen molar-refractivity contribution in [1.29, 1.82) is 0 Å². The summed E-state index contributed by atoms with van der Waals surface area (Å²) >= 11 is 0. The van der Waals surface area contributed by atoms with E-state index in [2.05, 4.69) is 25.8 Å². The molecule has 0 saturated heterocycles. The van der Waals surface area contributed by atoms with Gasteiger partial charge in [0, 0.05) is 24.1 Å². The van der Waals surface area contributed by atoms with Crippen LogP contribution in [0.3, 0.4) is 0 Å². The lowest BCUT2D eigenvalue weighted by atomic mass is 10.1. The molecule has 1 amide bonds. The summed E-state index contributed by atoms with van der Waals surface area (Å²) in [7, 11) is 0. The number of para-hydroxylation sites is 1. The van der Waals surface area contributed by atoms with Gasteiger partial charge in [-0.25, -0.2) is 0 Å². The van der Waals surface area contributed by atoms with Crippen molar-refractivity contribution >= 4 is 22.6 Å². The Morgan fingerprint density at radius 3 is 2.96 bits per heavy atom. The van der Waals surface area contributed by atoms with E-state index in [9.17, 15) is 4.79 Å². The first-order valence-corrected chi connectivity index (χ1v) is 8.11. The smallest absolute Gasteiger partial charge is 0.258 e. The molecule has 8 nitrogen and oxygen atoms in total. The van der Waals surface area contributed by atoms with E-state index < -0.39 is 0 Å². The Bertz CT molecular complexity index is 1030. The molecule has 130 valence electrons. The molecule has 2 heterocycles. The van der Waals surface area contributed by atoms with Gasteiger partial charge in [0.05, 0.1) is 12.1 Å². The first kappa shape index (κ1) is 15.8. The van der Waals surface area contributed by atoms with Crippen LogP contribution in [0.5, 0.6) is 5.75 Å². The zero-order valence-corrected chi connectivity index (χ0v) is 13.8. The van der Waals surface area contributed by atoms with E-state index in [0.717, 1.165) is 0 Å². The summed E-state index contributed by atoms with van der Waals surface area (Å²) in [6, 6.07) is 14.4. The Hall–Kier alpha value is -3.68. The SMILES string of the molecule is O=C(Nc1cccc(OCCn2cccn2)c1)c1cccc2n[nH]nc12. The van der Waals surface area contributed by atoms with Gasteiger partial charge in [0.15, 0.2) is 0 Å². The molecule has 26 heavy (non-hydrogen) atoms. The average molecular weight is 348 g/mol. The van der Waals surface area contributed by atoms with Gasteiger partial charge in [-0.15, -0.1) is 0 Å². The number of H-pyrrole nitrogens is 1. The van der Waals surface area contributed by atoms with Crippen molar-refractivity contribution in [2.45, 2.75) is 6.54 Å². The normalized spacial score (nSPS) is 10.8. The molecular weight excluding hydrogens is 332 g/mol. The summed E-state index contributed by atoms with van der Waals surface area (Å²) in [5.74, 6) is 0.424. The molecule has 0 unspecified atom stereocenters. The topological polar surface area (TPSA) is 97.7 Å². The highest BCUT2D eigenvalue weighted by Crippen LogP contribution is 2.20. The number of carbonyl (C=O) groups is 1. The first-order valence-electron chi connectivity index (χ1n) is 8.11. The maximum atomic E-state index is 12.6. The number of carbonyl (C=O) groups excluding carboxylic acids is 1. The fraction of sp³-hybridized carbons (Fsp3) is 0.111. The highest BCUT2D eigenvalue weighted by atomic mass is 16.5. The standard InChI is InChI=1S/C18H16N6O2/c25-18(15-6-2-7-16-17(15)22-23-21-16)20-13-4-1-5-14(12-13)26-11-10-24-9-3-8-19-24/h1-9,12H,10-11H2,(H,20,25)(H,21,22,23). The van der Waals surface area contributed by atoms with Crippen LogP contribution in [-0.4, -0.2) is 37.7 Å². The summed E-state index contributed by atoms with van der Waals surface area (Å²) in [4.78, 5) is 12.6. The van der Waals surface area contributed by atoms with Gasteiger partial charge in [0.2, 0.25) is 0 Å². The van der Waals surface area contributed by atoms with Crippen molar-refractivity contribution in [3.8, 4) is 5.75 Å². The quantitative estimate of drug-likeness (QED) is 0.558. The summed E-state index contributed by atoms with van der Waals surface area (Å²) in [5.41, 5.74) is 2.29. The monoisotopic (exact) mass is 348 g/mol. The molecule has 8 heteroatoms. The van der Waals surface area contributed by atoms with Crippen LogP contribution < -0.4 is 10.1 Å². The molecule has 0 aliphatic carbocycles. The lowest BCUT2D eigenvalue weighted by molar-refractivity contribution is 0.102. The van der Waals surface area contributed by atoms with Crippen LogP contribution in [0, 0.1) is 0 Å². The van der Waals surface area contributed by atoms with Crippen LogP contribution in [0.25, 0.3) is 11.0 Å². The molecule has 4 rings (SSSR count).